The Morgan fingerprint density at radius 2 is 2.05 bits per heavy atom. The Kier molecular flexibility index (Phi) is 3.71. The number of nitrogens with zero attached hydrogens (tertiary/aromatic N) is 5. The number of halogens is 1. The molecule has 0 atom stereocenters. The molecule has 1 fully saturated rings. The van der Waals surface area contributed by atoms with Gasteiger partial charge in [-0.1, -0.05) is 6.92 Å². The first-order valence-corrected chi connectivity index (χ1v) is 7.51. The first-order valence-electron chi connectivity index (χ1n) is 6.71. The van der Waals surface area contributed by atoms with E-state index >= 15 is 0 Å². The van der Waals surface area contributed by atoms with Crippen LogP contribution in [0.15, 0.2) is 22.8 Å². The maximum atomic E-state index is 12.5. The molecule has 1 aliphatic rings. The third-order valence-electron chi connectivity index (χ3n) is 3.69. The number of piperazine rings is 1. The molecular weight excluding hydrogens is 322 g/mol. The van der Waals surface area contributed by atoms with Crippen molar-refractivity contribution in [3.63, 3.8) is 0 Å². The average molecular weight is 338 g/mol. The zero-order chi connectivity index (χ0) is 14.1. The highest BCUT2D eigenvalue weighted by molar-refractivity contribution is 9.10. The summed E-state index contributed by atoms with van der Waals surface area (Å²) >= 11 is 3.42. The first-order chi connectivity index (χ1) is 9.70. The molecule has 106 valence electrons. The van der Waals surface area contributed by atoms with E-state index < -0.39 is 0 Å². The number of likely N-dealkylation sites (N-methyl/N-ethyl adjacent to an activating group) is 1. The fourth-order valence-electron chi connectivity index (χ4n) is 2.44. The van der Waals surface area contributed by atoms with E-state index in [0.717, 1.165) is 37.2 Å². The smallest absolute Gasteiger partial charge is 0.292 e. The Morgan fingerprint density at radius 1 is 1.30 bits per heavy atom. The van der Waals surface area contributed by atoms with E-state index in [0.29, 0.717) is 11.5 Å². The summed E-state index contributed by atoms with van der Waals surface area (Å²) in [5, 5.41) is 8.12. The SMILES string of the molecule is CCN1CCN(C(=O)c2nnc3c(Br)cccn23)CC1. The minimum atomic E-state index is -0.0497. The van der Waals surface area contributed by atoms with Crippen LogP contribution in [0.4, 0.5) is 0 Å². The van der Waals surface area contributed by atoms with Crippen molar-refractivity contribution in [3.8, 4) is 0 Å². The van der Waals surface area contributed by atoms with Gasteiger partial charge in [0.15, 0.2) is 5.65 Å². The van der Waals surface area contributed by atoms with Crippen molar-refractivity contribution in [2.24, 2.45) is 0 Å². The number of carbonyl (C=O) groups excluding carboxylic acids is 1. The Balaban J connectivity index is 1.85. The van der Waals surface area contributed by atoms with Gasteiger partial charge in [-0.15, -0.1) is 10.2 Å². The summed E-state index contributed by atoms with van der Waals surface area (Å²) in [6.07, 6.45) is 1.82. The number of hydrogen-bond donors (Lipinski definition) is 0. The van der Waals surface area contributed by atoms with Crippen LogP contribution in [-0.4, -0.2) is 63.0 Å². The highest BCUT2D eigenvalue weighted by Crippen LogP contribution is 2.17. The van der Waals surface area contributed by atoms with E-state index in [1.54, 1.807) is 4.40 Å². The summed E-state index contributed by atoms with van der Waals surface area (Å²) in [7, 11) is 0. The number of aromatic nitrogens is 3. The molecule has 0 N–H and O–H groups in total. The van der Waals surface area contributed by atoms with Gasteiger partial charge < -0.3 is 9.80 Å². The second-order valence-corrected chi connectivity index (χ2v) is 5.65. The normalized spacial score (nSPS) is 16.8. The molecule has 0 saturated carbocycles. The summed E-state index contributed by atoms with van der Waals surface area (Å²) < 4.78 is 2.57. The van der Waals surface area contributed by atoms with Crippen LogP contribution in [0, 0.1) is 0 Å². The summed E-state index contributed by atoms with van der Waals surface area (Å²) in [5.41, 5.74) is 0.669. The van der Waals surface area contributed by atoms with Crippen LogP contribution in [0.5, 0.6) is 0 Å². The molecule has 20 heavy (non-hydrogen) atoms. The van der Waals surface area contributed by atoms with Crippen LogP contribution in [0.2, 0.25) is 0 Å². The molecule has 7 heteroatoms. The number of pyridine rings is 1. The largest absolute Gasteiger partial charge is 0.333 e. The molecule has 2 aromatic rings. The van der Waals surface area contributed by atoms with E-state index in [1.807, 2.05) is 23.2 Å². The molecule has 3 rings (SSSR count). The summed E-state index contributed by atoms with van der Waals surface area (Å²) in [5.74, 6) is 0.331. The van der Waals surface area contributed by atoms with E-state index in [2.05, 4.69) is 38.0 Å². The molecule has 2 aromatic heterocycles. The highest BCUT2D eigenvalue weighted by Gasteiger charge is 2.25. The van der Waals surface area contributed by atoms with Crippen LogP contribution in [0.3, 0.4) is 0 Å². The van der Waals surface area contributed by atoms with Gasteiger partial charge in [0.05, 0.1) is 4.47 Å². The molecular formula is C13H16BrN5O. The van der Waals surface area contributed by atoms with Crippen LogP contribution in [0.25, 0.3) is 5.65 Å². The lowest BCUT2D eigenvalue weighted by molar-refractivity contribution is 0.0630. The molecule has 0 aliphatic carbocycles. The van der Waals surface area contributed by atoms with Crippen LogP contribution < -0.4 is 0 Å². The Bertz CT molecular complexity index is 633. The Hall–Kier alpha value is -1.47. The Labute approximate surface area is 125 Å². The number of amides is 1. The van der Waals surface area contributed by atoms with Crippen LogP contribution >= 0.6 is 15.9 Å². The van der Waals surface area contributed by atoms with Crippen LogP contribution in [-0.2, 0) is 0 Å². The van der Waals surface area contributed by atoms with Gasteiger partial charge in [-0.2, -0.15) is 0 Å². The van der Waals surface area contributed by atoms with Crippen molar-refractivity contribution in [1.29, 1.82) is 0 Å². The molecule has 0 unspecified atom stereocenters. The number of rotatable bonds is 2. The monoisotopic (exact) mass is 337 g/mol. The van der Waals surface area contributed by atoms with Crippen molar-refractivity contribution < 1.29 is 4.79 Å². The minimum Gasteiger partial charge on any atom is -0.333 e. The zero-order valence-corrected chi connectivity index (χ0v) is 12.9. The summed E-state index contributed by atoms with van der Waals surface area (Å²) in [6, 6.07) is 3.75. The average Bonchev–Trinajstić information content (AvgIpc) is 2.92. The molecule has 0 spiro atoms. The topological polar surface area (TPSA) is 53.7 Å². The second-order valence-electron chi connectivity index (χ2n) is 4.80. The number of carbonyl (C=O) groups is 1. The first kappa shape index (κ1) is 13.5. The zero-order valence-electron chi connectivity index (χ0n) is 11.3. The molecule has 6 nitrogen and oxygen atoms in total. The van der Waals surface area contributed by atoms with Crippen molar-refractivity contribution >= 4 is 27.5 Å². The van der Waals surface area contributed by atoms with Gasteiger partial charge in [0, 0.05) is 32.4 Å². The second kappa shape index (κ2) is 5.49. The fourth-order valence-corrected chi connectivity index (χ4v) is 2.86. The van der Waals surface area contributed by atoms with Gasteiger partial charge >= 0.3 is 0 Å². The molecule has 0 bridgehead atoms. The fraction of sp³-hybridized carbons (Fsp3) is 0.462. The minimum absolute atomic E-state index is 0.0497. The van der Waals surface area contributed by atoms with Crippen molar-refractivity contribution in [1.82, 2.24) is 24.4 Å². The van der Waals surface area contributed by atoms with E-state index in [9.17, 15) is 4.79 Å². The van der Waals surface area contributed by atoms with E-state index in [-0.39, 0.29) is 5.91 Å². The molecule has 1 amide bonds. The van der Waals surface area contributed by atoms with Gasteiger partial charge in [0.2, 0.25) is 5.82 Å². The molecule has 0 radical (unpaired) electrons. The quantitative estimate of drug-likeness (QED) is 0.828. The van der Waals surface area contributed by atoms with Crippen molar-refractivity contribution in [2.45, 2.75) is 6.92 Å². The maximum Gasteiger partial charge on any atom is 0.292 e. The molecule has 1 saturated heterocycles. The number of hydrogen-bond acceptors (Lipinski definition) is 4. The molecule has 1 aliphatic heterocycles. The molecule has 3 heterocycles. The standard InChI is InChI=1S/C13H16BrN5O/c1-2-17-6-8-18(9-7-17)13(20)12-16-15-11-10(14)4-3-5-19(11)12/h3-5H,2,6-9H2,1H3. The lowest BCUT2D eigenvalue weighted by Crippen LogP contribution is -2.48. The van der Waals surface area contributed by atoms with E-state index in [4.69, 9.17) is 0 Å². The van der Waals surface area contributed by atoms with Gasteiger partial charge in [-0.25, -0.2) is 0 Å². The molecule has 0 aromatic carbocycles. The third-order valence-corrected chi connectivity index (χ3v) is 4.30. The van der Waals surface area contributed by atoms with Gasteiger partial charge in [-0.3, -0.25) is 9.20 Å². The lowest BCUT2D eigenvalue weighted by atomic mass is 10.3. The highest BCUT2D eigenvalue weighted by atomic mass is 79.9. The number of fused-ring (bicyclic) bond motifs is 1. The predicted octanol–water partition coefficient (Wildman–Crippen LogP) is 1.27. The maximum absolute atomic E-state index is 12.5. The van der Waals surface area contributed by atoms with Crippen molar-refractivity contribution in [2.75, 3.05) is 32.7 Å². The lowest BCUT2D eigenvalue weighted by Gasteiger charge is -2.33. The van der Waals surface area contributed by atoms with E-state index in [1.165, 1.54) is 0 Å². The van der Waals surface area contributed by atoms with Gasteiger partial charge in [0.1, 0.15) is 0 Å². The third kappa shape index (κ3) is 2.31. The van der Waals surface area contributed by atoms with Gasteiger partial charge in [-0.05, 0) is 34.6 Å². The van der Waals surface area contributed by atoms with Crippen molar-refractivity contribution in [3.05, 3.63) is 28.6 Å². The van der Waals surface area contributed by atoms with Gasteiger partial charge in [0.25, 0.3) is 5.91 Å². The predicted molar refractivity (Wildman–Crippen MR) is 78.7 cm³/mol. The summed E-state index contributed by atoms with van der Waals surface area (Å²) in [6.45, 7) is 6.50. The van der Waals surface area contributed by atoms with Crippen LogP contribution in [0.1, 0.15) is 17.5 Å². The Morgan fingerprint density at radius 3 is 2.75 bits per heavy atom. The summed E-state index contributed by atoms with van der Waals surface area (Å²) in [4.78, 5) is 16.7.